The van der Waals surface area contributed by atoms with E-state index < -0.39 is 0 Å². The summed E-state index contributed by atoms with van der Waals surface area (Å²) >= 11 is 0. The van der Waals surface area contributed by atoms with Crippen LogP contribution in [0, 0.1) is 6.92 Å². The molecule has 0 atom stereocenters. The van der Waals surface area contributed by atoms with Crippen LogP contribution in [-0.2, 0) is 27.2 Å². The van der Waals surface area contributed by atoms with Gasteiger partial charge in [0.25, 0.3) is 0 Å². The van der Waals surface area contributed by atoms with Gasteiger partial charge in [-0.2, -0.15) is 0 Å². The zero-order valence-electron chi connectivity index (χ0n) is 9.87. The SMILES string of the molecule is COC(=O)Cc1cc(C)cc(CC(C)=O)c1. The summed E-state index contributed by atoms with van der Waals surface area (Å²) in [4.78, 5) is 22.2. The Morgan fingerprint density at radius 2 is 1.69 bits per heavy atom. The van der Waals surface area contributed by atoms with Crippen molar-refractivity contribution in [1.82, 2.24) is 0 Å². The van der Waals surface area contributed by atoms with Gasteiger partial charge in [0, 0.05) is 6.42 Å². The Morgan fingerprint density at radius 1 is 1.12 bits per heavy atom. The Kier molecular flexibility index (Phi) is 4.23. The summed E-state index contributed by atoms with van der Waals surface area (Å²) in [5, 5.41) is 0. The summed E-state index contributed by atoms with van der Waals surface area (Å²) in [5.41, 5.74) is 2.90. The first-order valence-electron chi connectivity index (χ1n) is 5.17. The molecule has 3 nitrogen and oxygen atoms in total. The lowest BCUT2D eigenvalue weighted by molar-refractivity contribution is -0.139. The van der Waals surface area contributed by atoms with Gasteiger partial charge >= 0.3 is 5.97 Å². The van der Waals surface area contributed by atoms with E-state index in [4.69, 9.17) is 0 Å². The molecule has 0 bridgehead atoms. The van der Waals surface area contributed by atoms with E-state index in [1.165, 1.54) is 7.11 Å². The van der Waals surface area contributed by atoms with Gasteiger partial charge in [0.2, 0.25) is 0 Å². The van der Waals surface area contributed by atoms with Crippen molar-refractivity contribution in [2.24, 2.45) is 0 Å². The zero-order valence-corrected chi connectivity index (χ0v) is 9.87. The van der Waals surface area contributed by atoms with Crippen molar-refractivity contribution >= 4 is 11.8 Å². The van der Waals surface area contributed by atoms with E-state index >= 15 is 0 Å². The molecule has 3 heteroatoms. The minimum atomic E-state index is -0.264. The molecule has 0 amide bonds. The molecule has 1 rings (SSSR count). The quantitative estimate of drug-likeness (QED) is 0.727. The highest BCUT2D eigenvalue weighted by atomic mass is 16.5. The fraction of sp³-hybridized carbons (Fsp3) is 0.385. The monoisotopic (exact) mass is 220 g/mol. The number of methoxy groups -OCH3 is 1. The molecule has 0 saturated carbocycles. The normalized spacial score (nSPS) is 9.94. The Morgan fingerprint density at radius 3 is 2.19 bits per heavy atom. The lowest BCUT2D eigenvalue weighted by atomic mass is 10.0. The first-order valence-corrected chi connectivity index (χ1v) is 5.17. The lowest BCUT2D eigenvalue weighted by Gasteiger charge is -2.05. The Bertz CT molecular complexity index is 408. The third-order valence-corrected chi connectivity index (χ3v) is 2.23. The number of esters is 1. The van der Waals surface area contributed by atoms with Gasteiger partial charge in [0.05, 0.1) is 13.5 Å². The van der Waals surface area contributed by atoms with Crippen molar-refractivity contribution in [3.63, 3.8) is 0 Å². The van der Waals surface area contributed by atoms with Crippen molar-refractivity contribution in [2.45, 2.75) is 26.7 Å². The molecule has 0 spiro atoms. The van der Waals surface area contributed by atoms with Crippen LogP contribution in [0.1, 0.15) is 23.6 Å². The van der Waals surface area contributed by atoms with Crippen LogP contribution in [0.4, 0.5) is 0 Å². The zero-order chi connectivity index (χ0) is 12.1. The van der Waals surface area contributed by atoms with Gasteiger partial charge in [-0.3, -0.25) is 9.59 Å². The second kappa shape index (κ2) is 5.45. The Hall–Kier alpha value is -1.64. The molecule has 1 aromatic rings. The highest BCUT2D eigenvalue weighted by Crippen LogP contribution is 2.12. The maximum atomic E-state index is 11.1. The molecule has 0 aliphatic heterocycles. The molecule has 1 aromatic carbocycles. The van der Waals surface area contributed by atoms with Gasteiger partial charge < -0.3 is 4.74 Å². The van der Waals surface area contributed by atoms with Crippen LogP contribution in [0.2, 0.25) is 0 Å². The predicted molar refractivity (Wildman–Crippen MR) is 61.3 cm³/mol. The molecule has 86 valence electrons. The van der Waals surface area contributed by atoms with E-state index in [2.05, 4.69) is 4.74 Å². The largest absolute Gasteiger partial charge is 0.469 e. The fourth-order valence-electron chi connectivity index (χ4n) is 1.68. The maximum absolute atomic E-state index is 11.1. The van der Waals surface area contributed by atoms with Crippen LogP contribution in [0.3, 0.4) is 0 Å². The summed E-state index contributed by atoms with van der Waals surface area (Å²) in [6.07, 6.45) is 0.666. The summed E-state index contributed by atoms with van der Waals surface area (Å²) in [5.74, 6) is -0.144. The molecule has 0 aliphatic rings. The maximum Gasteiger partial charge on any atom is 0.309 e. The number of hydrogen-bond acceptors (Lipinski definition) is 3. The lowest BCUT2D eigenvalue weighted by Crippen LogP contribution is -2.06. The highest BCUT2D eigenvalue weighted by molar-refractivity contribution is 5.78. The van der Waals surface area contributed by atoms with Gasteiger partial charge in [0.15, 0.2) is 0 Å². The second-order valence-electron chi connectivity index (χ2n) is 3.96. The van der Waals surface area contributed by atoms with Gasteiger partial charge in [0.1, 0.15) is 5.78 Å². The van der Waals surface area contributed by atoms with Crippen molar-refractivity contribution in [2.75, 3.05) is 7.11 Å². The molecule has 0 fully saturated rings. The van der Waals surface area contributed by atoms with Crippen molar-refractivity contribution < 1.29 is 14.3 Å². The average molecular weight is 220 g/mol. The van der Waals surface area contributed by atoms with E-state index in [0.717, 1.165) is 16.7 Å². The number of carbonyl (C=O) groups is 2. The van der Waals surface area contributed by atoms with Crippen LogP contribution in [0.15, 0.2) is 18.2 Å². The number of aryl methyl sites for hydroxylation is 1. The van der Waals surface area contributed by atoms with Crippen molar-refractivity contribution in [3.8, 4) is 0 Å². The number of hydrogen-bond donors (Lipinski definition) is 0. The second-order valence-corrected chi connectivity index (χ2v) is 3.96. The van der Waals surface area contributed by atoms with E-state index in [1.54, 1.807) is 6.92 Å². The predicted octanol–water partition coefficient (Wildman–Crippen LogP) is 1.84. The standard InChI is InChI=1S/C13H16O3/c1-9-4-11(6-10(2)14)7-12(5-9)8-13(15)16-3/h4-5,7H,6,8H2,1-3H3. The molecular formula is C13H16O3. The number of benzene rings is 1. The molecular weight excluding hydrogens is 204 g/mol. The molecule has 0 aliphatic carbocycles. The molecule has 0 heterocycles. The Labute approximate surface area is 95.4 Å². The third kappa shape index (κ3) is 3.85. The summed E-state index contributed by atoms with van der Waals surface area (Å²) < 4.78 is 4.61. The smallest absolute Gasteiger partial charge is 0.309 e. The Balaban J connectivity index is 2.89. The van der Waals surface area contributed by atoms with Crippen molar-refractivity contribution in [1.29, 1.82) is 0 Å². The molecule has 0 radical (unpaired) electrons. The highest BCUT2D eigenvalue weighted by Gasteiger charge is 2.06. The summed E-state index contributed by atoms with van der Waals surface area (Å²) in [6, 6.07) is 5.77. The number of ether oxygens (including phenoxy) is 1. The minimum absolute atomic E-state index is 0.120. The molecule has 0 unspecified atom stereocenters. The summed E-state index contributed by atoms with van der Waals surface area (Å²) in [7, 11) is 1.37. The minimum Gasteiger partial charge on any atom is -0.469 e. The van der Waals surface area contributed by atoms with E-state index in [9.17, 15) is 9.59 Å². The van der Waals surface area contributed by atoms with Gasteiger partial charge in [-0.05, 0) is 25.0 Å². The van der Waals surface area contributed by atoms with Gasteiger partial charge in [-0.1, -0.05) is 23.8 Å². The number of carbonyl (C=O) groups excluding carboxylic acids is 2. The number of Topliss-reactive ketones (excluding diaryl/α,β-unsaturated/α-hetero) is 1. The van der Waals surface area contributed by atoms with Crippen molar-refractivity contribution in [3.05, 3.63) is 34.9 Å². The third-order valence-electron chi connectivity index (χ3n) is 2.23. The average Bonchev–Trinajstić information content (AvgIpc) is 2.15. The first kappa shape index (κ1) is 12.4. The topological polar surface area (TPSA) is 43.4 Å². The van der Waals surface area contributed by atoms with E-state index in [-0.39, 0.29) is 18.2 Å². The molecule has 0 N–H and O–H groups in total. The van der Waals surface area contributed by atoms with Crippen LogP contribution < -0.4 is 0 Å². The fourth-order valence-corrected chi connectivity index (χ4v) is 1.68. The summed E-state index contributed by atoms with van der Waals surface area (Å²) in [6.45, 7) is 3.51. The van der Waals surface area contributed by atoms with Crippen LogP contribution in [0.5, 0.6) is 0 Å². The van der Waals surface area contributed by atoms with E-state index in [1.807, 2.05) is 25.1 Å². The number of ketones is 1. The van der Waals surface area contributed by atoms with Crippen LogP contribution >= 0.6 is 0 Å². The van der Waals surface area contributed by atoms with Crippen LogP contribution in [0.25, 0.3) is 0 Å². The van der Waals surface area contributed by atoms with E-state index in [0.29, 0.717) is 6.42 Å². The van der Waals surface area contributed by atoms with Gasteiger partial charge in [-0.25, -0.2) is 0 Å². The van der Waals surface area contributed by atoms with Gasteiger partial charge in [-0.15, -0.1) is 0 Å². The molecule has 16 heavy (non-hydrogen) atoms. The van der Waals surface area contributed by atoms with Crippen LogP contribution in [-0.4, -0.2) is 18.9 Å². The number of rotatable bonds is 4. The first-order chi connectivity index (χ1) is 7.51. The molecule has 0 saturated heterocycles. The molecule has 0 aromatic heterocycles.